The van der Waals surface area contributed by atoms with Gasteiger partial charge in [0.15, 0.2) is 0 Å². The van der Waals surface area contributed by atoms with Crippen molar-refractivity contribution in [3.63, 3.8) is 0 Å². The van der Waals surface area contributed by atoms with E-state index in [2.05, 4.69) is 10.7 Å². The molecule has 0 aliphatic carbocycles. The molecule has 1 saturated heterocycles. The number of nitrogens with zero attached hydrogens (tertiary/aromatic N) is 1. The van der Waals surface area contributed by atoms with Crippen LogP contribution in [0.2, 0.25) is 0 Å². The summed E-state index contributed by atoms with van der Waals surface area (Å²) in [5.74, 6) is 0.918. The molecule has 0 radical (unpaired) electrons. The molecule has 1 unspecified atom stereocenters. The van der Waals surface area contributed by atoms with Gasteiger partial charge in [0.1, 0.15) is 12.4 Å². The largest absolute Gasteiger partial charge is 0.492 e. The fourth-order valence-corrected chi connectivity index (χ4v) is 2.01. The second-order valence-electron chi connectivity index (χ2n) is 4.14. The molecule has 0 amide bonds. The smallest absolute Gasteiger partial charge is 0.119 e. The van der Waals surface area contributed by atoms with E-state index in [1.807, 2.05) is 53.9 Å². The molecule has 0 bridgehead atoms. The Morgan fingerprint density at radius 1 is 1.29 bits per heavy atom. The number of hydrogen-bond donors (Lipinski definition) is 2. The number of para-hydroxylation sites is 1. The predicted molar refractivity (Wildman–Crippen MR) is 65.7 cm³/mol. The lowest BCUT2D eigenvalue weighted by molar-refractivity contribution is 0.245. The van der Waals surface area contributed by atoms with E-state index in [-0.39, 0.29) is 0 Å². The summed E-state index contributed by atoms with van der Waals surface area (Å²) in [7, 11) is 0. The highest BCUT2D eigenvalue weighted by Gasteiger charge is 2.25. The first-order chi connectivity index (χ1) is 8.42. The number of benzene rings is 1. The summed E-state index contributed by atoms with van der Waals surface area (Å²) in [5, 5.41) is 5.12. The SMILES string of the molecule is C1=CN2NC(COc3ccccc3)CC2=CN1. The quantitative estimate of drug-likeness (QED) is 0.824. The molecule has 2 heterocycles. The number of rotatable bonds is 3. The van der Waals surface area contributed by atoms with Crippen molar-refractivity contribution in [2.75, 3.05) is 6.61 Å². The lowest BCUT2D eigenvalue weighted by Crippen LogP contribution is -2.35. The van der Waals surface area contributed by atoms with Crippen LogP contribution in [0, 0.1) is 0 Å². The lowest BCUT2D eigenvalue weighted by Gasteiger charge is -2.18. The van der Waals surface area contributed by atoms with Crippen molar-refractivity contribution in [1.29, 1.82) is 0 Å². The van der Waals surface area contributed by atoms with Crippen molar-refractivity contribution >= 4 is 0 Å². The van der Waals surface area contributed by atoms with Crippen molar-refractivity contribution in [1.82, 2.24) is 15.8 Å². The summed E-state index contributed by atoms with van der Waals surface area (Å²) < 4.78 is 5.74. The Hall–Kier alpha value is -1.94. The van der Waals surface area contributed by atoms with Gasteiger partial charge in [-0.25, -0.2) is 5.43 Å². The van der Waals surface area contributed by atoms with Gasteiger partial charge in [0, 0.05) is 25.0 Å². The van der Waals surface area contributed by atoms with E-state index in [9.17, 15) is 0 Å². The maximum Gasteiger partial charge on any atom is 0.119 e. The molecule has 88 valence electrons. The second kappa shape index (κ2) is 4.51. The lowest BCUT2D eigenvalue weighted by atomic mass is 10.2. The number of nitrogens with one attached hydrogen (secondary N) is 2. The first kappa shape index (κ1) is 10.2. The van der Waals surface area contributed by atoms with Crippen LogP contribution < -0.4 is 15.5 Å². The molecule has 1 atom stereocenters. The number of hydrazine groups is 1. The molecule has 0 saturated carbocycles. The molecule has 17 heavy (non-hydrogen) atoms. The van der Waals surface area contributed by atoms with Gasteiger partial charge in [-0.3, -0.25) is 5.01 Å². The molecule has 4 nitrogen and oxygen atoms in total. The third kappa shape index (κ3) is 2.26. The molecule has 1 fully saturated rings. The Labute approximate surface area is 101 Å². The van der Waals surface area contributed by atoms with E-state index < -0.39 is 0 Å². The topological polar surface area (TPSA) is 36.5 Å². The van der Waals surface area contributed by atoms with Crippen LogP contribution in [-0.2, 0) is 0 Å². The van der Waals surface area contributed by atoms with E-state index >= 15 is 0 Å². The van der Waals surface area contributed by atoms with E-state index in [1.165, 1.54) is 5.70 Å². The number of hydrogen-bond acceptors (Lipinski definition) is 4. The zero-order valence-electron chi connectivity index (χ0n) is 9.47. The Kier molecular flexibility index (Phi) is 2.71. The maximum atomic E-state index is 5.74. The Bertz CT molecular complexity index is 441. The van der Waals surface area contributed by atoms with Gasteiger partial charge in [-0.1, -0.05) is 18.2 Å². The van der Waals surface area contributed by atoms with Crippen LogP contribution in [-0.4, -0.2) is 17.7 Å². The minimum absolute atomic E-state index is 0.325. The third-order valence-corrected chi connectivity index (χ3v) is 2.85. The van der Waals surface area contributed by atoms with Gasteiger partial charge >= 0.3 is 0 Å². The van der Waals surface area contributed by atoms with Crippen molar-refractivity contribution in [3.8, 4) is 5.75 Å². The van der Waals surface area contributed by atoms with Gasteiger partial charge in [-0.15, -0.1) is 0 Å². The van der Waals surface area contributed by atoms with Gasteiger partial charge in [0.25, 0.3) is 0 Å². The third-order valence-electron chi connectivity index (χ3n) is 2.85. The van der Waals surface area contributed by atoms with Crippen LogP contribution in [0.3, 0.4) is 0 Å². The molecule has 4 heteroatoms. The summed E-state index contributed by atoms with van der Waals surface area (Å²) in [6.07, 6.45) is 6.87. The molecular weight excluding hydrogens is 214 g/mol. The summed E-state index contributed by atoms with van der Waals surface area (Å²) >= 11 is 0. The first-order valence-corrected chi connectivity index (χ1v) is 5.77. The van der Waals surface area contributed by atoms with Crippen molar-refractivity contribution in [2.45, 2.75) is 12.5 Å². The van der Waals surface area contributed by atoms with Crippen LogP contribution >= 0.6 is 0 Å². The standard InChI is InChI=1S/C13H15N3O/c1-2-4-13(5-3-1)17-10-11-8-12-9-14-6-7-16(12)15-11/h1-7,9,11,14-15H,8,10H2. The Morgan fingerprint density at radius 3 is 3.00 bits per heavy atom. The van der Waals surface area contributed by atoms with Crippen molar-refractivity contribution in [3.05, 3.63) is 54.6 Å². The van der Waals surface area contributed by atoms with Crippen LogP contribution in [0.25, 0.3) is 0 Å². The highest BCUT2D eigenvalue weighted by Crippen LogP contribution is 2.20. The maximum absolute atomic E-state index is 5.74. The Morgan fingerprint density at radius 2 is 2.18 bits per heavy atom. The van der Waals surface area contributed by atoms with E-state index in [0.717, 1.165) is 12.2 Å². The summed E-state index contributed by atoms with van der Waals surface area (Å²) in [6, 6.07) is 10.2. The van der Waals surface area contributed by atoms with E-state index in [1.54, 1.807) is 0 Å². The van der Waals surface area contributed by atoms with Crippen molar-refractivity contribution in [2.24, 2.45) is 0 Å². The highest BCUT2D eigenvalue weighted by atomic mass is 16.5. The predicted octanol–water partition coefficient (Wildman–Crippen LogP) is 1.56. The van der Waals surface area contributed by atoms with E-state index in [0.29, 0.717) is 12.6 Å². The van der Waals surface area contributed by atoms with Gasteiger partial charge < -0.3 is 10.1 Å². The first-order valence-electron chi connectivity index (χ1n) is 5.77. The van der Waals surface area contributed by atoms with Crippen molar-refractivity contribution < 1.29 is 4.74 Å². The zero-order chi connectivity index (χ0) is 11.5. The molecule has 0 aromatic heterocycles. The molecule has 1 aromatic carbocycles. The monoisotopic (exact) mass is 229 g/mol. The average Bonchev–Trinajstić information content (AvgIpc) is 2.80. The van der Waals surface area contributed by atoms with Crippen LogP contribution in [0.4, 0.5) is 0 Å². The molecule has 2 aliphatic heterocycles. The molecule has 2 aliphatic rings. The summed E-state index contributed by atoms with van der Waals surface area (Å²) in [4.78, 5) is 0. The molecule has 1 aromatic rings. The molecule has 0 spiro atoms. The van der Waals surface area contributed by atoms with Gasteiger partial charge in [-0.2, -0.15) is 0 Å². The minimum Gasteiger partial charge on any atom is -0.492 e. The molecule has 2 N–H and O–H groups in total. The normalized spacial score (nSPS) is 21.8. The highest BCUT2D eigenvalue weighted by molar-refractivity contribution is 5.21. The second-order valence-corrected chi connectivity index (χ2v) is 4.14. The van der Waals surface area contributed by atoms with Gasteiger partial charge in [-0.05, 0) is 12.1 Å². The van der Waals surface area contributed by atoms with Crippen LogP contribution in [0.1, 0.15) is 6.42 Å². The average molecular weight is 229 g/mol. The number of fused-ring (bicyclic) bond motifs is 1. The van der Waals surface area contributed by atoms with Gasteiger partial charge in [0.05, 0.1) is 11.7 Å². The summed E-state index contributed by atoms with van der Waals surface area (Å²) in [5.41, 5.74) is 4.62. The number of ether oxygens (including phenoxy) is 1. The fraction of sp³-hybridized carbons (Fsp3) is 0.231. The van der Waals surface area contributed by atoms with E-state index in [4.69, 9.17) is 4.74 Å². The molecular formula is C13H15N3O. The molecule has 3 rings (SSSR count). The minimum atomic E-state index is 0.325. The Balaban J connectivity index is 1.56. The zero-order valence-corrected chi connectivity index (χ0v) is 9.47. The van der Waals surface area contributed by atoms with Crippen LogP contribution in [0.5, 0.6) is 5.75 Å². The fourth-order valence-electron chi connectivity index (χ4n) is 2.01. The summed E-state index contributed by atoms with van der Waals surface area (Å²) in [6.45, 7) is 0.672. The van der Waals surface area contributed by atoms with Gasteiger partial charge in [0.2, 0.25) is 0 Å². The van der Waals surface area contributed by atoms with Crippen LogP contribution in [0.15, 0.2) is 54.6 Å².